The molecule has 1 atom stereocenters. The van der Waals surface area contributed by atoms with Gasteiger partial charge in [-0.25, -0.2) is 4.79 Å². The number of hydrogen-bond acceptors (Lipinski definition) is 4. The van der Waals surface area contributed by atoms with Crippen LogP contribution in [0.3, 0.4) is 0 Å². The molecule has 0 saturated carbocycles. The number of carbonyl (C=O) groups excluding carboxylic acids is 2. The van der Waals surface area contributed by atoms with Gasteiger partial charge in [-0.15, -0.1) is 0 Å². The summed E-state index contributed by atoms with van der Waals surface area (Å²) in [5.41, 5.74) is 7.08. The van der Waals surface area contributed by atoms with Gasteiger partial charge >= 0.3 is 5.69 Å². The molecule has 112 valence electrons. The molecule has 0 aliphatic rings. The molecule has 1 unspecified atom stereocenters. The molecule has 0 radical (unpaired) electrons. The topological polar surface area (TPSA) is 133 Å². The van der Waals surface area contributed by atoms with Gasteiger partial charge < -0.3 is 26.3 Å². The van der Waals surface area contributed by atoms with Crippen molar-refractivity contribution in [2.24, 2.45) is 5.73 Å². The van der Waals surface area contributed by atoms with Crippen LogP contribution in [0.1, 0.15) is 18.5 Å². The molecule has 0 spiro atoms. The third kappa shape index (κ3) is 3.69. The number of H-pyrrole nitrogens is 2. The van der Waals surface area contributed by atoms with Crippen LogP contribution in [0.25, 0.3) is 11.0 Å². The van der Waals surface area contributed by atoms with Crippen molar-refractivity contribution >= 4 is 22.8 Å². The van der Waals surface area contributed by atoms with Gasteiger partial charge in [-0.3, -0.25) is 9.59 Å². The Balaban J connectivity index is 2.00. The number of carbonyl (C=O) groups is 2. The fourth-order valence-corrected chi connectivity index (χ4v) is 1.95. The van der Waals surface area contributed by atoms with Crippen molar-refractivity contribution in [2.45, 2.75) is 13.0 Å². The summed E-state index contributed by atoms with van der Waals surface area (Å²) in [6.07, 6.45) is 0. The first-order valence-corrected chi connectivity index (χ1v) is 6.47. The van der Waals surface area contributed by atoms with Crippen LogP contribution in [0.5, 0.6) is 0 Å². The lowest BCUT2D eigenvalue weighted by Crippen LogP contribution is -2.40. The van der Waals surface area contributed by atoms with E-state index in [4.69, 9.17) is 5.73 Å². The van der Waals surface area contributed by atoms with Crippen LogP contribution in [-0.2, 0) is 9.59 Å². The maximum Gasteiger partial charge on any atom is 0.323 e. The van der Waals surface area contributed by atoms with Gasteiger partial charge in [-0.2, -0.15) is 0 Å². The van der Waals surface area contributed by atoms with Crippen molar-refractivity contribution in [3.63, 3.8) is 0 Å². The highest BCUT2D eigenvalue weighted by Gasteiger charge is 2.11. The first kappa shape index (κ1) is 14.8. The fourth-order valence-electron chi connectivity index (χ4n) is 1.95. The zero-order chi connectivity index (χ0) is 15.4. The minimum atomic E-state index is -0.385. The molecule has 0 bridgehead atoms. The average molecular weight is 291 g/mol. The molecule has 8 heteroatoms. The molecule has 2 aromatic rings. The molecule has 2 amide bonds. The summed E-state index contributed by atoms with van der Waals surface area (Å²) in [7, 11) is 0. The zero-order valence-corrected chi connectivity index (χ0v) is 11.5. The Labute approximate surface area is 120 Å². The van der Waals surface area contributed by atoms with E-state index < -0.39 is 0 Å². The lowest BCUT2D eigenvalue weighted by atomic mass is 10.1. The number of benzene rings is 1. The number of aromatic nitrogens is 2. The van der Waals surface area contributed by atoms with Crippen molar-refractivity contribution in [3.05, 3.63) is 34.2 Å². The molecule has 1 aromatic carbocycles. The fraction of sp³-hybridized carbons (Fsp3) is 0.308. The van der Waals surface area contributed by atoms with E-state index in [1.807, 2.05) is 13.0 Å². The summed E-state index contributed by atoms with van der Waals surface area (Å²) < 4.78 is 0. The molecule has 8 nitrogen and oxygen atoms in total. The lowest BCUT2D eigenvalue weighted by Gasteiger charge is -2.14. The molecule has 1 aromatic heterocycles. The second kappa shape index (κ2) is 6.23. The maximum atomic E-state index is 11.7. The van der Waals surface area contributed by atoms with E-state index in [1.165, 1.54) is 0 Å². The molecular formula is C13H17N5O3. The Morgan fingerprint density at radius 1 is 1.24 bits per heavy atom. The monoisotopic (exact) mass is 291 g/mol. The normalized spacial score (nSPS) is 12.1. The van der Waals surface area contributed by atoms with Crippen molar-refractivity contribution in [1.82, 2.24) is 20.6 Å². The highest BCUT2D eigenvalue weighted by atomic mass is 16.2. The number of aromatic amines is 2. The summed E-state index contributed by atoms with van der Waals surface area (Å²) in [5, 5.41) is 5.14. The van der Waals surface area contributed by atoms with Gasteiger partial charge in [0.15, 0.2) is 0 Å². The molecule has 6 N–H and O–H groups in total. The quantitative estimate of drug-likeness (QED) is 0.488. The summed E-state index contributed by atoms with van der Waals surface area (Å²) in [6, 6.07) is 5.11. The first-order valence-electron chi connectivity index (χ1n) is 6.47. The third-order valence-electron chi connectivity index (χ3n) is 3.05. The predicted octanol–water partition coefficient (Wildman–Crippen LogP) is -0.892. The van der Waals surface area contributed by atoms with E-state index in [0.29, 0.717) is 11.0 Å². The smallest absolute Gasteiger partial charge is 0.323 e. The molecule has 0 fully saturated rings. The molecule has 0 aliphatic carbocycles. The van der Waals surface area contributed by atoms with E-state index in [0.717, 1.165) is 5.56 Å². The molecule has 21 heavy (non-hydrogen) atoms. The number of nitrogens with two attached hydrogens (primary N) is 1. The minimum Gasteiger partial charge on any atom is -0.348 e. The number of rotatable bonds is 5. The summed E-state index contributed by atoms with van der Waals surface area (Å²) in [4.78, 5) is 39.2. The van der Waals surface area contributed by atoms with Gasteiger partial charge in [-0.05, 0) is 24.6 Å². The number of imidazole rings is 1. The molecule has 2 rings (SSSR count). The number of amides is 2. The van der Waals surface area contributed by atoms with Gasteiger partial charge in [0.1, 0.15) is 0 Å². The highest BCUT2D eigenvalue weighted by Crippen LogP contribution is 2.16. The van der Waals surface area contributed by atoms with Crippen molar-refractivity contribution in [3.8, 4) is 0 Å². The molecule has 0 aliphatic heterocycles. The highest BCUT2D eigenvalue weighted by molar-refractivity contribution is 5.85. The number of hydrogen-bond donors (Lipinski definition) is 5. The van der Waals surface area contributed by atoms with Crippen molar-refractivity contribution < 1.29 is 9.59 Å². The molecule has 1 heterocycles. The number of fused-ring (bicyclic) bond motifs is 1. The summed E-state index contributed by atoms with van der Waals surface area (Å²) >= 11 is 0. The largest absolute Gasteiger partial charge is 0.348 e. The van der Waals surface area contributed by atoms with Crippen molar-refractivity contribution in [2.75, 3.05) is 13.1 Å². The van der Waals surface area contributed by atoms with E-state index in [9.17, 15) is 14.4 Å². The molecule has 0 saturated heterocycles. The van der Waals surface area contributed by atoms with Crippen LogP contribution in [0, 0.1) is 0 Å². The molecular weight excluding hydrogens is 274 g/mol. The minimum absolute atomic E-state index is 0.121. The Morgan fingerprint density at radius 3 is 2.67 bits per heavy atom. The van der Waals surface area contributed by atoms with Crippen molar-refractivity contribution in [1.29, 1.82) is 0 Å². The van der Waals surface area contributed by atoms with Gasteiger partial charge in [0.2, 0.25) is 11.8 Å². The second-order valence-corrected chi connectivity index (χ2v) is 4.65. The van der Waals surface area contributed by atoms with Gasteiger partial charge in [-0.1, -0.05) is 6.07 Å². The zero-order valence-electron chi connectivity index (χ0n) is 11.5. The standard InChI is InChI=1S/C13H17N5O3/c1-7(16-12(20)6-15-11(19)5-14)8-2-3-9-10(4-8)18-13(21)17-9/h2-4,7H,5-6,14H2,1H3,(H,15,19)(H,16,20)(H2,17,18,21). The predicted molar refractivity (Wildman–Crippen MR) is 77.5 cm³/mol. The Hall–Kier alpha value is -2.61. The second-order valence-electron chi connectivity index (χ2n) is 4.65. The lowest BCUT2D eigenvalue weighted by molar-refractivity contribution is -0.125. The Morgan fingerprint density at radius 2 is 1.95 bits per heavy atom. The van der Waals surface area contributed by atoms with Crippen LogP contribution in [-0.4, -0.2) is 34.9 Å². The van der Waals surface area contributed by atoms with Crippen LogP contribution in [0.15, 0.2) is 23.0 Å². The van der Waals surface area contributed by atoms with E-state index in [-0.39, 0.29) is 36.6 Å². The summed E-state index contributed by atoms with van der Waals surface area (Å²) in [5.74, 6) is -0.698. The maximum absolute atomic E-state index is 11.7. The third-order valence-corrected chi connectivity index (χ3v) is 3.05. The SMILES string of the molecule is CC(NC(=O)CNC(=O)CN)c1ccc2[nH]c(=O)[nH]c2c1. The van der Waals surface area contributed by atoms with Gasteiger partial charge in [0, 0.05) is 0 Å². The van der Waals surface area contributed by atoms with Crippen LogP contribution in [0.2, 0.25) is 0 Å². The van der Waals surface area contributed by atoms with Crippen LogP contribution >= 0.6 is 0 Å². The Bertz CT molecular complexity index is 718. The Kier molecular flexibility index (Phi) is 4.39. The van der Waals surface area contributed by atoms with Crippen LogP contribution in [0.4, 0.5) is 0 Å². The average Bonchev–Trinajstić information content (AvgIpc) is 2.83. The summed E-state index contributed by atoms with van der Waals surface area (Å²) in [6.45, 7) is 1.54. The van der Waals surface area contributed by atoms with Crippen LogP contribution < -0.4 is 22.1 Å². The van der Waals surface area contributed by atoms with E-state index in [1.54, 1.807) is 12.1 Å². The van der Waals surface area contributed by atoms with E-state index >= 15 is 0 Å². The van der Waals surface area contributed by atoms with Gasteiger partial charge in [0.25, 0.3) is 0 Å². The number of nitrogens with one attached hydrogen (secondary N) is 4. The van der Waals surface area contributed by atoms with Gasteiger partial charge in [0.05, 0.1) is 30.2 Å². The first-order chi connectivity index (χ1) is 9.99. The van der Waals surface area contributed by atoms with E-state index in [2.05, 4.69) is 20.6 Å².